The molecular formula is C16H27N3O2. The van der Waals surface area contributed by atoms with Gasteiger partial charge in [-0.1, -0.05) is 19.8 Å². The smallest absolute Gasteiger partial charge is 0.220 e. The van der Waals surface area contributed by atoms with Gasteiger partial charge in [-0.25, -0.2) is 4.98 Å². The van der Waals surface area contributed by atoms with E-state index in [2.05, 4.69) is 17.2 Å². The van der Waals surface area contributed by atoms with Crippen molar-refractivity contribution < 1.29 is 9.53 Å². The van der Waals surface area contributed by atoms with E-state index in [9.17, 15) is 4.79 Å². The van der Waals surface area contributed by atoms with Crippen LogP contribution in [0.25, 0.3) is 0 Å². The summed E-state index contributed by atoms with van der Waals surface area (Å²) < 4.78 is 5.06. The van der Waals surface area contributed by atoms with Crippen LogP contribution in [0.1, 0.15) is 44.6 Å². The van der Waals surface area contributed by atoms with Crippen LogP contribution in [0.4, 0.5) is 0 Å². The zero-order chi connectivity index (χ0) is 15.5. The van der Waals surface area contributed by atoms with Gasteiger partial charge in [-0.3, -0.25) is 4.79 Å². The maximum Gasteiger partial charge on any atom is 0.220 e. The molecule has 0 fully saturated rings. The Kier molecular flexibility index (Phi) is 8.43. The second-order valence-electron chi connectivity index (χ2n) is 5.25. The molecule has 0 radical (unpaired) electrons. The molecule has 0 saturated heterocycles. The van der Waals surface area contributed by atoms with Gasteiger partial charge < -0.3 is 15.8 Å². The molecule has 0 aliphatic rings. The third-order valence-electron chi connectivity index (χ3n) is 3.55. The lowest BCUT2D eigenvalue weighted by molar-refractivity contribution is -0.121. The summed E-state index contributed by atoms with van der Waals surface area (Å²) in [5, 5.41) is 2.94. The lowest BCUT2D eigenvalue weighted by atomic mass is 9.94. The normalized spacial score (nSPS) is 12.0. The summed E-state index contributed by atoms with van der Waals surface area (Å²) >= 11 is 0. The molecule has 0 aromatic carbocycles. The number of nitrogens with one attached hydrogen (secondary N) is 1. The van der Waals surface area contributed by atoms with Gasteiger partial charge in [0.25, 0.3) is 0 Å². The number of nitrogens with two attached hydrogens (primary N) is 1. The Morgan fingerprint density at radius 3 is 2.90 bits per heavy atom. The molecule has 0 aliphatic carbocycles. The van der Waals surface area contributed by atoms with Gasteiger partial charge in [0.15, 0.2) is 0 Å². The SMILES string of the molecule is CCCC(CCN)CCC(=O)NCc1ccnc(OC)c1. The van der Waals surface area contributed by atoms with Crippen LogP contribution in [0.15, 0.2) is 18.3 Å². The predicted molar refractivity (Wildman–Crippen MR) is 83.9 cm³/mol. The van der Waals surface area contributed by atoms with Gasteiger partial charge in [0.05, 0.1) is 7.11 Å². The molecule has 21 heavy (non-hydrogen) atoms. The summed E-state index contributed by atoms with van der Waals surface area (Å²) in [6.07, 6.45) is 6.44. The maximum absolute atomic E-state index is 11.9. The molecular weight excluding hydrogens is 266 g/mol. The molecule has 1 unspecified atom stereocenters. The molecule has 1 aromatic rings. The van der Waals surface area contributed by atoms with Crippen molar-refractivity contribution in [3.8, 4) is 5.88 Å². The molecule has 1 rings (SSSR count). The second-order valence-corrected chi connectivity index (χ2v) is 5.25. The lowest BCUT2D eigenvalue weighted by Crippen LogP contribution is -2.23. The van der Waals surface area contributed by atoms with Crippen LogP contribution in [0.3, 0.4) is 0 Å². The van der Waals surface area contributed by atoms with Gasteiger partial charge >= 0.3 is 0 Å². The lowest BCUT2D eigenvalue weighted by Gasteiger charge is -2.14. The molecule has 1 heterocycles. The average molecular weight is 293 g/mol. The van der Waals surface area contributed by atoms with Crippen molar-refractivity contribution in [2.45, 2.75) is 45.6 Å². The highest BCUT2D eigenvalue weighted by Crippen LogP contribution is 2.17. The van der Waals surface area contributed by atoms with Crippen LogP contribution in [0.2, 0.25) is 0 Å². The van der Waals surface area contributed by atoms with E-state index in [0.717, 1.165) is 31.2 Å². The highest BCUT2D eigenvalue weighted by molar-refractivity contribution is 5.75. The number of hydrogen-bond acceptors (Lipinski definition) is 4. The third kappa shape index (κ3) is 7.09. The fraction of sp³-hybridized carbons (Fsp3) is 0.625. The summed E-state index contributed by atoms with van der Waals surface area (Å²) in [6, 6.07) is 3.70. The van der Waals surface area contributed by atoms with Crippen molar-refractivity contribution in [1.29, 1.82) is 0 Å². The number of carbonyl (C=O) groups is 1. The van der Waals surface area contributed by atoms with E-state index in [4.69, 9.17) is 10.5 Å². The van der Waals surface area contributed by atoms with Gasteiger partial charge in [-0.15, -0.1) is 0 Å². The average Bonchev–Trinajstić information content (AvgIpc) is 2.51. The van der Waals surface area contributed by atoms with Crippen LogP contribution in [-0.2, 0) is 11.3 Å². The first-order valence-corrected chi connectivity index (χ1v) is 7.65. The molecule has 0 bridgehead atoms. The van der Waals surface area contributed by atoms with E-state index in [1.165, 1.54) is 0 Å². The molecule has 5 heteroatoms. The first-order chi connectivity index (χ1) is 10.2. The fourth-order valence-electron chi connectivity index (χ4n) is 2.37. The summed E-state index contributed by atoms with van der Waals surface area (Å²) in [6.45, 7) is 3.37. The van der Waals surface area contributed by atoms with Crippen LogP contribution < -0.4 is 15.8 Å². The Balaban J connectivity index is 2.32. The Morgan fingerprint density at radius 2 is 2.24 bits per heavy atom. The molecule has 1 atom stereocenters. The standard InChI is InChI=1S/C16H27N3O2/c1-3-4-13(7-9-17)5-6-15(20)19-12-14-8-10-18-16(11-14)21-2/h8,10-11,13H,3-7,9,12,17H2,1-2H3,(H,19,20). The minimum absolute atomic E-state index is 0.0869. The van der Waals surface area contributed by atoms with Gasteiger partial charge in [0, 0.05) is 25.2 Å². The van der Waals surface area contributed by atoms with Gasteiger partial charge in [-0.05, 0) is 36.9 Å². The monoisotopic (exact) mass is 293 g/mol. The number of aromatic nitrogens is 1. The van der Waals surface area contributed by atoms with Crippen molar-refractivity contribution in [3.63, 3.8) is 0 Å². The van der Waals surface area contributed by atoms with Crippen molar-refractivity contribution in [3.05, 3.63) is 23.9 Å². The Bertz CT molecular complexity index is 418. The predicted octanol–water partition coefficient (Wildman–Crippen LogP) is 2.25. The Hall–Kier alpha value is -1.62. The van der Waals surface area contributed by atoms with Gasteiger partial charge in [0.2, 0.25) is 11.8 Å². The molecule has 3 N–H and O–H groups in total. The van der Waals surface area contributed by atoms with E-state index in [1.807, 2.05) is 12.1 Å². The molecule has 1 amide bonds. The summed E-state index contributed by atoms with van der Waals surface area (Å²) in [4.78, 5) is 15.9. The number of methoxy groups -OCH3 is 1. The van der Waals surface area contributed by atoms with Crippen LogP contribution in [0, 0.1) is 5.92 Å². The molecule has 0 saturated carbocycles. The Morgan fingerprint density at radius 1 is 1.43 bits per heavy atom. The third-order valence-corrected chi connectivity index (χ3v) is 3.55. The van der Waals surface area contributed by atoms with Crippen LogP contribution >= 0.6 is 0 Å². The van der Waals surface area contributed by atoms with E-state index in [1.54, 1.807) is 13.3 Å². The minimum atomic E-state index is 0.0869. The number of amides is 1. The topological polar surface area (TPSA) is 77.2 Å². The molecule has 1 aromatic heterocycles. The zero-order valence-corrected chi connectivity index (χ0v) is 13.1. The highest BCUT2D eigenvalue weighted by Gasteiger charge is 2.10. The second kappa shape index (κ2) is 10.2. The summed E-state index contributed by atoms with van der Waals surface area (Å²) in [5.41, 5.74) is 6.60. The number of carbonyl (C=O) groups excluding carboxylic acids is 1. The van der Waals surface area contributed by atoms with Crippen LogP contribution in [-0.4, -0.2) is 24.5 Å². The van der Waals surface area contributed by atoms with E-state index in [0.29, 0.717) is 31.3 Å². The maximum atomic E-state index is 11.9. The summed E-state index contributed by atoms with van der Waals surface area (Å²) in [7, 11) is 1.58. The molecule has 0 aliphatic heterocycles. The van der Waals surface area contributed by atoms with Gasteiger partial charge in [0.1, 0.15) is 0 Å². The first-order valence-electron chi connectivity index (χ1n) is 7.65. The van der Waals surface area contributed by atoms with E-state index >= 15 is 0 Å². The van der Waals surface area contributed by atoms with Crippen molar-refractivity contribution in [2.75, 3.05) is 13.7 Å². The number of ether oxygens (including phenoxy) is 1. The number of nitrogens with zero attached hydrogens (tertiary/aromatic N) is 1. The van der Waals surface area contributed by atoms with Crippen molar-refractivity contribution >= 4 is 5.91 Å². The molecule has 118 valence electrons. The molecule has 5 nitrogen and oxygen atoms in total. The number of hydrogen-bond donors (Lipinski definition) is 2. The first kappa shape index (κ1) is 17.4. The Labute approximate surface area is 127 Å². The largest absolute Gasteiger partial charge is 0.481 e. The van der Waals surface area contributed by atoms with E-state index in [-0.39, 0.29) is 5.91 Å². The van der Waals surface area contributed by atoms with Crippen molar-refractivity contribution in [1.82, 2.24) is 10.3 Å². The van der Waals surface area contributed by atoms with Crippen molar-refractivity contribution in [2.24, 2.45) is 11.7 Å². The van der Waals surface area contributed by atoms with E-state index < -0.39 is 0 Å². The van der Waals surface area contributed by atoms with Gasteiger partial charge in [-0.2, -0.15) is 0 Å². The fourth-order valence-corrected chi connectivity index (χ4v) is 2.37. The zero-order valence-electron chi connectivity index (χ0n) is 13.1. The quantitative estimate of drug-likeness (QED) is 0.693. The minimum Gasteiger partial charge on any atom is -0.481 e. The highest BCUT2D eigenvalue weighted by atomic mass is 16.5. The summed E-state index contributed by atoms with van der Waals surface area (Å²) in [5.74, 6) is 1.21. The molecule has 0 spiro atoms. The number of rotatable bonds is 10. The number of pyridine rings is 1. The van der Waals surface area contributed by atoms with Crippen LogP contribution in [0.5, 0.6) is 5.88 Å².